The first-order valence-electron chi connectivity index (χ1n) is 9.19. The first-order valence-corrected chi connectivity index (χ1v) is 11.9. The number of likely N-dealkylation sites (tertiary alicyclic amines) is 1. The van der Waals surface area contributed by atoms with Gasteiger partial charge in [-0.25, -0.2) is 4.78 Å². The molecule has 25 heavy (non-hydrogen) atoms. The van der Waals surface area contributed by atoms with Gasteiger partial charge in [0.1, 0.15) is 0 Å². The number of hydrogen-bond donors (Lipinski definition) is 1. The number of nitrogens with zero attached hydrogens (tertiary/aromatic N) is 2. The van der Waals surface area contributed by atoms with Gasteiger partial charge in [-0.2, -0.15) is 0 Å². The van der Waals surface area contributed by atoms with Gasteiger partial charge in [0.05, 0.1) is 22.8 Å². The van der Waals surface area contributed by atoms with Gasteiger partial charge in [-0.3, -0.25) is 5.43 Å². The standard InChI is InChI=1S/C19H26N3OPS/c1-15(2)23-24(25)19-17(20-22(24)16-9-4-3-5-10-16)11-8-12-18(19)21-13-6-7-14-21/h3-5,9-11,15,20H,6-8,12-14H2,1-2H3/t24-/m0/s1. The maximum Gasteiger partial charge on any atom is 0.208 e. The molecule has 0 saturated carbocycles. The van der Waals surface area contributed by atoms with E-state index in [2.05, 4.69) is 59.3 Å². The maximum atomic E-state index is 6.49. The first kappa shape index (κ1) is 17.1. The van der Waals surface area contributed by atoms with Crippen molar-refractivity contribution in [2.45, 2.75) is 45.6 Å². The third kappa shape index (κ3) is 3.03. The Morgan fingerprint density at radius 2 is 1.88 bits per heavy atom. The van der Waals surface area contributed by atoms with Crippen LogP contribution in [0.25, 0.3) is 0 Å². The molecule has 0 radical (unpaired) electrons. The Balaban J connectivity index is 1.84. The van der Waals surface area contributed by atoms with Gasteiger partial charge >= 0.3 is 0 Å². The van der Waals surface area contributed by atoms with Crippen LogP contribution in [0.15, 0.2) is 53.1 Å². The van der Waals surface area contributed by atoms with Gasteiger partial charge in [-0.1, -0.05) is 24.3 Å². The summed E-state index contributed by atoms with van der Waals surface area (Å²) in [6, 6.07) is 10.3. The van der Waals surface area contributed by atoms with Gasteiger partial charge in [0.25, 0.3) is 0 Å². The van der Waals surface area contributed by atoms with Crippen molar-refractivity contribution in [1.29, 1.82) is 0 Å². The highest BCUT2D eigenvalue weighted by molar-refractivity contribution is 8.15. The minimum atomic E-state index is -2.37. The number of hydrogen-bond acceptors (Lipinski definition) is 4. The molecule has 3 aliphatic rings. The van der Waals surface area contributed by atoms with Crippen molar-refractivity contribution in [3.63, 3.8) is 0 Å². The number of benzene rings is 1. The van der Waals surface area contributed by atoms with Gasteiger partial charge < -0.3 is 9.42 Å². The third-order valence-electron chi connectivity index (χ3n) is 4.87. The summed E-state index contributed by atoms with van der Waals surface area (Å²) in [6.07, 6.45) is 4.71. The molecular weight excluding hydrogens is 349 g/mol. The number of hydrazine groups is 1. The molecule has 2 aliphatic heterocycles. The Bertz CT molecular complexity index is 753. The smallest absolute Gasteiger partial charge is 0.208 e. The molecule has 1 aliphatic carbocycles. The summed E-state index contributed by atoms with van der Waals surface area (Å²) in [5.74, 6) is 0. The predicted octanol–water partition coefficient (Wildman–Crippen LogP) is 4.73. The average molecular weight is 375 g/mol. The summed E-state index contributed by atoms with van der Waals surface area (Å²) < 4.78 is 8.62. The minimum absolute atomic E-state index is 0.0902. The quantitative estimate of drug-likeness (QED) is 0.768. The summed E-state index contributed by atoms with van der Waals surface area (Å²) in [5, 5.41) is 1.26. The number of fused-ring (bicyclic) bond motifs is 1. The highest BCUT2D eigenvalue weighted by atomic mass is 32.4. The molecule has 6 heteroatoms. The SMILES string of the molecule is CC(C)O[P@]1(=S)C2=C(N3CCCC3)CCC=C2NN1c1ccccc1. The molecule has 0 amide bonds. The summed E-state index contributed by atoms with van der Waals surface area (Å²) in [7, 11) is 0. The van der Waals surface area contributed by atoms with Crippen LogP contribution >= 0.6 is 6.42 Å². The lowest BCUT2D eigenvalue weighted by molar-refractivity contribution is 0.270. The fraction of sp³-hybridized carbons (Fsp3) is 0.474. The molecule has 1 atom stereocenters. The van der Waals surface area contributed by atoms with Crippen molar-refractivity contribution in [2.24, 2.45) is 0 Å². The van der Waals surface area contributed by atoms with Gasteiger partial charge in [0.15, 0.2) is 0 Å². The number of nitrogens with one attached hydrogen (secondary N) is 1. The molecule has 0 aromatic heterocycles. The number of anilines is 1. The van der Waals surface area contributed by atoms with Gasteiger partial charge in [-0.15, -0.1) is 0 Å². The van der Waals surface area contributed by atoms with Crippen LogP contribution < -0.4 is 10.2 Å². The number of allylic oxidation sites excluding steroid dienone is 3. The maximum absolute atomic E-state index is 6.49. The minimum Gasteiger partial charge on any atom is -0.374 e. The second-order valence-corrected chi connectivity index (χ2v) is 10.7. The zero-order chi connectivity index (χ0) is 17.4. The first-order chi connectivity index (χ1) is 12.1. The Morgan fingerprint density at radius 1 is 1.16 bits per heavy atom. The van der Waals surface area contributed by atoms with Gasteiger partial charge in [0, 0.05) is 18.8 Å². The Morgan fingerprint density at radius 3 is 2.56 bits per heavy atom. The number of rotatable bonds is 4. The Labute approximate surface area is 155 Å². The monoisotopic (exact) mass is 375 g/mol. The van der Waals surface area contributed by atoms with E-state index < -0.39 is 6.42 Å². The molecule has 134 valence electrons. The van der Waals surface area contributed by atoms with Crippen LogP contribution in [0.1, 0.15) is 39.5 Å². The van der Waals surface area contributed by atoms with Crippen LogP contribution in [0, 0.1) is 0 Å². The second-order valence-electron chi connectivity index (χ2n) is 7.08. The fourth-order valence-corrected chi connectivity index (χ4v) is 8.09. The third-order valence-corrected chi connectivity index (χ3v) is 8.80. The van der Waals surface area contributed by atoms with E-state index in [1.54, 1.807) is 0 Å². The molecule has 4 rings (SSSR count). The van der Waals surface area contributed by atoms with E-state index >= 15 is 0 Å². The largest absolute Gasteiger partial charge is 0.374 e. The highest BCUT2D eigenvalue weighted by Crippen LogP contribution is 2.67. The van der Waals surface area contributed by atoms with Crippen molar-refractivity contribution < 1.29 is 4.52 Å². The Kier molecular flexibility index (Phi) is 4.65. The lowest BCUT2D eigenvalue weighted by Crippen LogP contribution is -2.28. The molecule has 2 heterocycles. The van der Waals surface area contributed by atoms with Crippen LogP contribution in [0.4, 0.5) is 5.69 Å². The molecule has 1 N–H and O–H groups in total. The van der Waals surface area contributed by atoms with E-state index in [1.807, 2.05) is 6.07 Å². The van der Waals surface area contributed by atoms with E-state index in [-0.39, 0.29) is 6.10 Å². The molecular formula is C19H26N3OPS. The predicted molar refractivity (Wildman–Crippen MR) is 108 cm³/mol. The average Bonchev–Trinajstić information content (AvgIpc) is 3.22. The van der Waals surface area contributed by atoms with Crippen molar-refractivity contribution in [1.82, 2.24) is 10.3 Å². The van der Waals surface area contributed by atoms with Crippen molar-refractivity contribution in [3.8, 4) is 0 Å². The molecule has 0 bridgehead atoms. The van der Waals surface area contributed by atoms with E-state index in [4.69, 9.17) is 16.3 Å². The Hall–Kier alpha value is -1.29. The summed E-state index contributed by atoms with van der Waals surface area (Å²) >= 11 is 6.28. The van der Waals surface area contributed by atoms with Crippen molar-refractivity contribution >= 4 is 23.9 Å². The van der Waals surface area contributed by atoms with Gasteiger partial charge in [-0.05, 0) is 63.5 Å². The summed E-state index contributed by atoms with van der Waals surface area (Å²) in [4.78, 5) is 2.54. The van der Waals surface area contributed by atoms with E-state index in [0.29, 0.717) is 0 Å². The molecule has 0 unspecified atom stereocenters. The molecule has 2 fully saturated rings. The lowest BCUT2D eigenvalue weighted by atomic mass is 10.1. The van der Waals surface area contributed by atoms with Crippen molar-refractivity contribution in [2.75, 3.05) is 17.9 Å². The van der Waals surface area contributed by atoms with Crippen LogP contribution in [0.3, 0.4) is 0 Å². The molecule has 2 saturated heterocycles. The topological polar surface area (TPSA) is 27.7 Å². The lowest BCUT2D eigenvalue weighted by Gasteiger charge is -2.33. The summed E-state index contributed by atoms with van der Waals surface area (Å²) in [5.41, 5.74) is 7.26. The molecule has 1 aromatic rings. The van der Waals surface area contributed by atoms with E-state index in [1.165, 1.54) is 29.5 Å². The fourth-order valence-electron chi connectivity index (χ4n) is 3.88. The van der Waals surface area contributed by atoms with Gasteiger partial charge in [0.2, 0.25) is 6.42 Å². The van der Waals surface area contributed by atoms with Crippen LogP contribution in [-0.2, 0) is 16.3 Å². The normalized spacial score (nSPS) is 26.1. The molecule has 1 aromatic carbocycles. The number of para-hydroxylation sites is 1. The van der Waals surface area contributed by atoms with Crippen LogP contribution in [0.5, 0.6) is 0 Å². The molecule has 4 nitrogen and oxygen atoms in total. The van der Waals surface area contributed by atoms with Crippen LogP contribution in [-0.4, -0.2) is 24.1 Å². The zero-order valence-corrected chi connectivity index (χ0v) is 16.7. The summed E-state index contributed by atoms with van der Waals surface area (Å²) in [6.45, 7) is 6.46. The highest BCUT2D eigenvalue weighted by Gasteiger charge is 2.45. The zero-order valence-electron chi connectivity index (χ0n) is 14.9. The van der Waals surface area contributed by atoms with E-state index in [9.17, 15) is 0 Å². The van der Waals surface area contributed by atoms with E-state index in [0.717, 1.165) is 31.6 Å². The molecule has 0 spiro atoms. The second kappa shape index (κ2) is 6.79. The van der Waals surface area contributed by atoms with Crippen molar-refractivity contribution in [3.05, 3.63) is 53.1 Å². The van der Waals surface area contributed by atoms with Crippen LogP contribution in [0.2, 0.25) is 0 Å².